The van der Waals surface area contributed by atoms with E-state index in [0.29, 0.717) is 12.4 Å². The molecule has 0 saturated carbocycles. The van der Waals surface area contributed by atoms with Crippen molar-refractivity contribution in [2.24, 2.45) is 0 Å². The largest absolute Gasteiger partial charge is 0.317 e. The molecule has 0 aliphatic heterocycles. The second-order valence-electron chi connectivity index (χ2n) is 6.97. The van der Waals surface area contributed by atoms with Gasteiger partial charge < -0.3 is 4.57 Å². The van der Waals surface area contributed by atoms with Crippen molar-refractivity contribution >= 4 is 21.8 Å². The highest BCUT2D eigenvalue weighted by molar-refractivity contribution is 7.99. The van der Waals surface area contributed by atoms with E-state index in [4.69, 9.17) is 4.98 Å². The van der Waals surface area contributed by atoms with Gasteiger partial charge in [0.15, 0.2) is 0 Å². The molecule has 6 nitrogen and oxygen atoms in total. The first kappa shape index (κ1) is 21.5. The van der Waals surface area contributed by atoms with Crippen molar-refractivity contribution in [2.45, 2.75) is 42.8 Å². The molecule has 1 aromatic carbocycles. The normalized spacial score (nSPS) is 11.9. The molecule has 0 saturated heterocycles. The Morgan fingerprint density at radius 1 is 1.21 bits per heavy atom. The quantitative estimate of drug-likeness (QED) is 0.584. The fraction of sp³-hybridized carbons (Fsp3) is 0.300. The Kier molecular flexibility index (Phi) is 6.71. The van der Waals surface area contributed by atoms with Gasteiger partial charge in [-0.25, -0.2) is 22.5 Å². The molecule has 3 rings (SSSR count). The topological polar surface area (TPSA) is 76.9 Å². The van der Waals surface area contributed by atoms with Crippen LogP contribution in [0.5, 0.6) is 0 Å². The number of benzene rings is 1. The van der Waals surface area contributed by atoms with Gasteiger partial charge in [-0.05, 0) is 41.8 Å². The molecule has 29 heavy (non-hydrogen) atoms. The molecule has 0 aliphatic carbocycles. The molecule has 0 atom stereocenters. The predicted molar refractivity (Wildman–Crippen MR) is 112 cm³/mol. The number of aromatic nitrogens is 3. The van der Waals surface area contributed by atoms with Gasteiger partial charge in [-0.3, -0.25) is 4.98 Å². The van der Waals surface area contributed by atoms with Crippen molar-refractivity contribution in [3.8, 4) is 0 Å². The van der Waals surface area contributed by atoms with Crippen molar-refractivity contribution in [3.63, 3.8) is 0 Å². The van der Waals surface area contributed by atoms with Gasteiger partial charge in [-0.1, -0.05) is 31.7 Å². The van der Waals surface area contributed by atoms with Crippen LogP contribution in [-0.2, 0) is 23.1 Å². The third-order valence-electron chi connectivity index (χ3n) is 4.17. The number of hydrogen-bond acceptors (Lipinski definition) is 5. The van der Waals surface area contributed by atoms with Gasteiger partial charge in [0.1, 0.15) is 16.7 Å². The van der Waals surface area contributed by atoms with Crippen LogP contribution in [0.1, 0.15) is 36.8 Å². The van der Waals surface area contributed by atoms with E-state index in [1.807, 2.05) is 36.6 Å². The Balaban J connectivity index is 2.07. The summed E-state index contributed by atoms with van der Waals surface area (Å²) in [4.78, 5) is 9.54. The fourth-order valence-corrected chi connectivity index (χ4v) is 4.39. The van der Waals surface area contributed by atoms with Crippen LogP contribution in [-0.4, -0.2) is 29.2 Å². The van der Waals surface area contributed by atoms with Crippen molar-refractivity contribution in [2.75, 3.05) is 6.26 Å². The summed E-state index contributed by atoms with van der Waals surface area (Å²) in [5.74, 6) is 0.414. The van der Waals surface area contributed by atoms with Gasteiger partial charge in [0, 0.05) is 23.8 Å². The summed E-state index contributed by atoms with van der Waals surface area (Å²) in [6.07, 6.45) is 4.54. The SMILES string of the molecule is CC(C)c1nc(CNS(C)(=O)=O)n(Cc2ccncc2)c1Sc1cccc(F)c1. The van der Waals surface area contributed by atoms with Crippen molar-refractivity contribution < 1.29 is 12.8 Å². The fourth-order valence-electron chi connectivity index (χ4n) is 2.79. The average molecular weight is 435 g/mol. The maximum Gasteiger partial charge on any atom is 0.209 e. The van der Waals surface area contributed by atoms with Crippen LogP contribution in [0.3, 0.4) is 0 Å². The van der Waals surface area contributed by atoms with E-state index in [1.165, 1.54) is 23.9 Å². The first-order chi connectivity index (χ1) is 13.7. The third kappa shape index (κ3) is 5.88. The highest BCUT2D eigenvalue weighted by Gasteiger charge is 2.21. The van der Waals surface area contributed by atoms with Gasteiger partial charge >= 0.3 is 0 Å². The predicted octanol–water partition coefficient (Wildman–Crippen LogP) is 3.79. The highest BCUT2D eigenvalue weighted by Crippen LogP contribution is 2.35. The molecule has 0 amide bonds. The van der Waals surface area contributed by atoms with E-state index >= 15 is 0 Å². The molecular weight excluding hydrogens is 411 g/mol. The van der Waals surface area contributed by atoms with E-state index in [-0.39, 0.29) is 18.3 Å². The van der Waals surface area contributed by atoms with Gasteiger partial charge in [0.25, 0.3) is 0 Å². The summed E-state index contributed by atoms with van der Waals surface area (Å²) in [5.41, 5.74) is 1.85. The molecule has 1 N–H and O–H groups in total. The van der Waals surface area contributed by atoms with E-state index in [1.54, 1.807) is 18.5 Å². The summed E-state index contributed by atoms with van der Waals surface area (Å²) in [5, 5.41) is 0.868. The Morgan fingerprint density at radius 2 is 1.93 bits per heavy atom. The standard InChI is InChI=1S/C20H23FN4O2S2/c1-14(2)19-20(28-17-6-4-5-16(21)11-17)25(13-15-7-9-22-10-8-15)18(24-19)12-23-29(3,26)27/h4-11,14,23H,12-13H2,1-3H3. The number of hydrogen-bond donors (Lipinski definition) is 1. The van der Waals surface area contributed by atoms with Crippen LogP contribution in [0.4, 0.5) is 4.39 Å². The number of rotatable bonds is 8. The van der Waals surface area contributed by atoms with Crippen LogP contribution in [0.25, 0.3) is 0 Å². The van der Waals surface area contributed by atoms with Crippen molar-refractivity contribution in [3.05, 3.63) is 71.7 Å². The number of sulfonamides is 1. The molecule has 0 fully saturated rings. The molecule has 9 heteroatoms. The van der Waals surface area contributed by atoms with Gasteiger partial charge in [-0.2, -0.15) is 0 Å². The molecule has 0 spiro atoms. The molecule has 3 aromatic rings. The Morgan fingerprint density at radius 3 is 2.55 bits per heavy atom. The van der Waals surface area contributed by atoms with Gasteiger partial charge in [-0.15, -0.1) is 0 Å². The minimum Gasteiger partial charge on any atom is -0.317 e. The molecule has 0 unspecified atom stereocenters. The maximum atomic E-state index is 13.7. The van der Waals surface area contributed by atoms with E-state index < -0.39 is 10.0 Å². The lowest BCUT2D eigenvalue weighted by Gasteiger charge is -2.14. The van der Waals surface area contributed by atoms with Crippen LogP contribution in [0.2, 0.25) is 0 Å². The minimum absolute atomic E-state index is 0.0767. The van der Waals surface area contributed by atoms with Crippen LogP contribution in [0, 0.1) is 5.82 Å². The lowest BCUT2D eigenvalue weighted by atomic mass is 10.1. The maximum absolute atomic E-state index is 13.7. The van der Waals surface area contributed by atoms with Gasteiger partial charge in [0.2, 0.25) is 10.0 Å². The second kappa shape index (κ2) is 9.06. The zero-order valence-corrected chi connectivity index (χ0v) is 18.1. The molecule has 0 bridgehead atoms. The molecule has 2 aromatic heterocycles. The zero-order chi connectivity index (χ0) is 21.0. The van der Waals surface area contributed by atoms with Gasteiger partial charge in [0.05, 0.1) is 18.5 Å². The summed E-state index contributed by atoms with van der Waals surface area (Å²) in [7, 11) is -3.37. The summed E-state index contributed by atoms with van der Waals surface area (Å²) in [6, 6.07) is 10.2. The van der Waals surface area contributed by atoms with Crippen LogP contribution in [0.15, 0.2) is 58.7 Å². The van der Waals surface area contributed by atoms with Crippen molar-refractivity contribution in [1.29, 1.82) is 0 Å². The molecule has 0 aliphatic rings. The average Bonchev–Trinajstić information content (AvgIpc) is 2.98. The molecule has 154 valence electrons. The molecule has 2 heterocycles. The number of imidazole rings is 1. The lowest BCUT2D eigenvalue weighted by Crippen LogP contribution is -2.23. The highest BCUT2D eigenvalue weighted by atomic mass is 32.2. The first-order valence-electron chi connectivity index (χ1n) is 9.09. The number of halogens is 1. The van der Waals surface area contributed by atoms with Crippen LogP contribution >= 0.6 is 11.8 Å². The number of nitrogens with one attached hydrogen (secondary N) is 1. The number of nitrogens with zero attached hydrogens (tertiary/aromatic N) is 3. The third-order valence-corrected chi connectivity index (χ3v) is 5.95. The summed E-state index contributed by atoms with van der Waals surface area (Å²) < 4.78 is 41.5. The monoisotopic (exact) mass is 434 g/mol. The van der Waals surface area contributed by atoms with Crippen molar-refractivity contribution in [1.82, 2.24) is 19.3 Å². The van der Waals surface area contributed by atoms with E-state index in [2.05, 4.69) is 9.71 Å². The number of pyridine rings is 1. The Bertz CT molecular complexity index is 1080. The Labute approximate surface area is 174 Å². The smallest absolute Gasteiger partial charge is 0.209 e. The first-order valence-corrected chi connectivity index (χ1v) is 11.8. The zero-order valence-electron chi connectivity index (χ0n) is 16.5. The molecule has 0 radical (unpaired) electrons. The van der Waals surface area contributed by atoms with Crippen LogP contribution < -0.4 is 4.72 Å². The summed E-state index contributed by atoms with van der Waals surface area (Å²) >= 11 is 1.42. The van der Waals surface area contributed by atoms with E-state index in [9.17, 15) is 12.8 Å². The Hall–Kier alpha value is -2.23. The van der Waals surface area contributed by atoms with E-state index in [0.717, 1.165) is 27.4 Å². The minimum atomic E-state index is -3.37. The summed E-state index contributed by atoms with van der Waals surface area (Å²) in [6.45, 7) is 4.64. The second-order valence-corrected chi connectivity index (χ2v) is 9.86. The molecular formula is C20H23FN4O2S2. The lowest BCUT2D eigenvalue weighted by molar-refractivity contribution is 0.580.